The zero-order valence-electron chi connectivity index (χ0n) is 13.7. The van der Waals surface area contributed by atoms with Crippen LogP contribution in [0.3, 0.4) is 0 Å². The van der Waals surface area contributed by atoms with Crippen molar-refractivity contribution < 1.29 is 9.59 Å². The molecule has 0 bridgehead atoms. The third-order valence-electron chi connectivity index (χ3n) is 4.34. The summed E-state index contributed by atoms with van der Waals surface area (Å²) in [6.07, 6.45) is 2.60. The van der Waals surface area contributed by atoms with Crippen molar-refractivity contribution in [3.05, 3.63) is 0 Å². The molecule has 1 N–H and O–H groups in total. The summed E-state index contributed by atoms with van der Waals surface area (Å²) >= 11 is 0. The van der Waals surface area contributed by atoms with E-state index in [0.717, 1.165) is 25.6 Å². The van der Waals surface area contributed by atoms with Crippen molar-refractivity contribution in [1.29, 1.82) is 0 Å². The molecule has 3 amide bonds. The van der Waals surface area contributed by atoms with Gasteiger partial charge in [0.25, 0.3) is 0 Å². The molecule has 0 aromatic rings. The van der Waals surface area contributed by atoms with Gasteiger partial charge in [0.1, 0.15) is 0 Å². The van der Waals surface area contributed by atoms with E-state index in [4.69, 9.17) is 0 Å². The van der Waals surface area contributed by atoms with Gasteiger partial charge >= 0.3 is 6.03 Å². The van der Waals surface area contributed by atoms with Crippen molar-refractivity contribution in [1.82, 2.24) is 20.0 Å². The Kier molecular flexibility index (Phi) is 7.96. The fourth-order valence-corrected chi connectivity index (χ4v) is 2.66. The van der Waals surface area contributed by atoms with E-state index in [1.807, 2.05) is 28.5 Å². The highest BCUT2D eigenvalue weighted by molar-refractivity contribution is 5.85. The first-order chi connectivity index (χ1) is 10.2. The number of hydrogen-bond donors (Lipinski definition) is 1. The number of nitrogens with zero attached hydrogens (tertiary/aromatic N) is 3. The van der Waals surface area contributed by atoms with E-state index in [9.17, 15) is 9.59 Å². The first-order valence-electron chi connectivity index (χ1n) is 8.18. The van der Waals surface area contributed by atoms with Crippen LogP contribution in [-0.4, -0.2) is 79.0 Å². The van der Waals surface area contributed by atoms with Crippen molar-refractivity contribution in [3.8, 4) is 0 Å². The van der Waals surface area contributed by atoms with Crippen LogP contribution in [0.25, 0.3) is 0 Å². The highest BCUT2D eigenvalue weighted by Crippen LogP contribution is 2.27. The number of carbonyl (C=O) groups is 2. The fourth-order valence-electron chi connectivity index (χ4n) is 2.66. The third-order valence-corrected chi connectivity index (χ3v) is 4.34. The molecule has 128 valence electrons. The second-order valence-corrected chi connectivity index (χ2v) is 5.90. The van der Waals surface area contributed by atoms with E-state index in [2.05, 4.69) is 5.32 Å². The monoisotopic (exact) mass is 332 g/mol. The molecule has 1 heterocycles. The van der Waals surface area contributed by atoms with Gasteiger partial charge in [0.15, 0.2) is 0 Å². The third kappa shape index (κ3) is 5.32. The van der Waals surface area contributed by atoms with Gasteiger partial charge in [0, 0.05) is 39.3 Å². The van der Waals surface area contributed by atoms with Crippen molar-refractivity contribution >= 4 is 24.3 Å². The van der Waals surface area contributed by atoms with Crippen molar-refractivity contribution in [3.63, 3.8) is 0 Å². The van der Waals surface area contributed by atoms with E-state index >= 15 is 0 Å². The van der Waals surface area contributed by atoms with Crippen LogP contribution in [0.15, 0.2) is 0 Å². The standard InChI is InChI=1S/C15H28N4O2.ClH/c1-3-17(4-2)15(21)19-9-7-18(8-10-19)14(20)12-16-11-13-5-6-13;/h13,16H,3-12H2,1-2H3;1H. The van der Waals surface area contributed by atoms with Gasteiger partial charge in [-0.2, -0.15) is 0 Å². The van der Waals surface area contributed by atoms with E-state index in [-0.39, 0.29) is 24.3 Å². The summed E-state index contributed by atoms with van der Waals surface area (Å²) in [6, 6.07) is 0.0963. The number of nitrogens with one attached hydrogen (secondary N) is 1. The highest BCUT2D eigenvalue weighted by atomic mass is 35.5. The SMILES string of the molecule is CCN(CC)C(=O)N1CCN(C(=O)CNCC2CC2)CC1.Cl. The summed E-state index contributed by atoms with van der Waals surface area (Å²) in [5.74, 6) is 0.951. The summed E-state index contributed by atoms with van der Waals surface area (Å²) in [5, 5.41) is 3.23. The lowest BCUT2D eigenvalue weighted by Gasteiger charge is -2.37. The molecule has 1 saturated heterocycles. The number of halogens is 1. The fraction of sp³-hybridized carbons (Fsp3) is 0.867. The predicted octanol–water partition coefficient (Wildman–Crippen LogP) is 1.01. The van der Waals surface area contributed by atoms with Gasteiger partial charge in [-0.25, -0.2) is 4.79 Å². The maximum absolute atomic E-state index is 12.2. The van der Waals surface area contributed by atoms with Gasteiger partial charge in [0.05, 0.1) is 6.54 Å². The zero-order chi connectivity index (χ0) is 15.2. The average Bonchev–Trinajstić information content (AvgIpc) is 3.32. The Bertz CT molecular complexity index is 365. The van der Waals surface area contributed by atoms with Crippen molar-refractivity contribution in [2.24, 2.45) is 5.92 Å². The smallest absolute Gasteiger partial charge is 0.320 e. The topological polar surface area (TPSA) is 55.9 Å². The van der Waals surface area contributed by atoms with Crippen LogP contribution in [0, 0.1) is 5.92 Å². The van der Waals surface area contributed by atoms with Gasteiger partial charge in [-0.1, -0.05) is 0 Å². The summed E-state index contributed by atoms with van der Waals surface area (Å²) in [7, 11) is 0. The van der Waals surface area contributed by atoms with Crippen LogP contribution in [0.4, 0.5) is 4.79 Å². The number of carbonyl (C=O) groups excluding carboxylic acids is 2. The maximum Gasteiger partial charge on any atom is 0.320 e. The molecule has 2 fully saturated rings. The molecule has 0 spiro atoms. The van der Waals surface area contributed by atoms with Crippen LogP contribution in [-0.2, 0) is 4.79 Å². The van der Waals surface area contributed by atoms with Crippen LogP contribution in [0.1, 0.15) is 26.7 Å². The summed E-state index contributed by atoms with van der Waals surface area (Å²) in [5.41, 5.74) is 0. The zero-order valence-corrected chi connectivity index (χ0v) is 14.5. The molecule has 0 aromatic heterocycles. The van der Waals surface area contributed by atoms with Crippen molar-refractivity contribution in [2.45, 2.75) is 26.7 Å². The maximum atomic E-state index is 12.2. The molecule has 22 heavy (non-hydrogen) atoms. The summed E-state index contributed by atoms with van der Waals surface area (Å²) in [4.78, 5) is 29.8. The van der Waals surface area contributed by atoms with Crippen LogP contribution >= 0.6 is 12.4 Å². The molecule has 1 saturated carbocycles. The Balaban J connectivity index is 0.00000242. The predicted molar refractivity (Wildman–Crippen MR) is 89.3 cm³/mol. The minimum absolute atomic E-state index is 0. The lowest BCUT2D eigenvalue weighted by molar-refractivity contribution is -0.131. The van der Waals surface area contributed by atoms with Gasteiger partial charge < -0.3 is 20.0 Å². The molecule has 2 rings (SSSR count). The molecule has 0 aromatic carbocycles. The molecule has 0 unspecified atom stereocenters. The van der Waals surface area contributed by atoms with E-state index < -0.39 is 0 Å². The molecular formula is C15H29ClN4O2. The van der Waals surface area contributed by atoms with Gasteiger partial charge in [0.2, 0.25) is 5.91 Å². The van der Waals surface area contributed by atoms with Crippen LogP contribution < -0.4 is 5.32 Å². The average molecular weight is 333 g/mol. The Morgan fingerprint density at radius 2 is 1.59 bits per heavy atom. The van der Waals surface area contributed by atoms with Crippen LogP contribution in [0.2, 0.25) is 0 Å². The lowest BCUT2D eigenvalue weighted by Crippen LogP contribution is -2.55. The number of amides is 3. The second-order valence-electron chi connectivity index (χ2n) is 5.90. The molecule has 1 aliphatic heterocycles. The Morgan fingerprint density at radius 1 is 1.05 bits per heavy atom. The normalized spacial score (nSPS) is 17.9. The number of piperazine rings is 1. The molecule has 6 nitrogen and oxygen atoms in total. The Labute approximate surface area is 139 Å². The molecule has 1 aliphatic carbocycles. The molecule has 2 aliphatic rings. The first kappa shape index (κ1) is 19.0. The summed E-state index contributed by atoms with van der Waals surface area (Å²) in [6.45, 7) is 9.44. The van der Waals surface area contributed by atoms with E-state index in [1.54, 1.807) is 0 Å². The van der Waals surface area contributed by atoms with Crippen molar-refractivity contribution in [2.75, 3.05) is 52.4 Å². The molecular weight excluding hydrogens is 304 g/mol. The molecule has 7 heteroatoms. The van der Waals surface area contributed by atoms with Gasteiger partial charge in [-0.15, -0.1) is 12.4 Å². The van der Waals surface area contributed by atoms with Gasteiger partial charge in [-0.3, -0.25) is 4.79 Å². The van der Waals surface area contributed by atoms with Gasteiger partial charge in [-0.05, 0) is 39.2 Å². The Hall–Kier alpha value is -1.01. The molecule has 0 radical (unpaired) electrons. The van der Waals surface area contributed by atoms with E-state index in [0.29, 0.717) is 32.7 Å². The van der Waals surface area contributed by atoms with E-state index in [1.165, 1.54) is 12.8 Å². The first-order valence-corrected chi connectivity index (χ1v) is 8.18. The number of hydrogen-bond acceptors (Lipinski definition) is 3. The second kappa shape index (κ2) is 9.20. The van der Waals surface area contributed by atoms with Crippen LogP contribution in [0.5, 0.6) is 0 Å². The minimum Gasteiger partial charge on any atom is -0.338 e. The number of urea groups is 1. The minimum atomic E-state index is 0. The lowest BCUT2D eigenvalue weighted by atomic mass is 10.3. The highest BCUT2D eigenvalue weighted by Gasteiger charge is 2.26. The largest absolute Gasteiger partial charge is 0.338 e. The quantitative estimate of drug-likeness (QED) is 0.790. The Morgan fingerprint density at radius 3 is 2.09 bits per heavy atom. The summed E-state index contributed by atoms with van der Waals surface area (Å²) < 4.78 is 0. The number of rotatable bonds is 6. The molecule has 0 atom stereocenters.